The lowest BCUT2D eigenvalue weighted by molar-refractivity contribution is 0.199. The summed E-state index contributed by atoms with van der Waals surface area (Å²) in [5.41, 5.74) is 2.74. The summed E-state index contributed by atoms with van der Waals surface area (Å²) >= 11 is 1.91. The van der Waals surface area contributed by atoms with Gasteiger partial charge >= 0.3 is 0 Å². The number of methoxy groups -OCH3 is 1. The molecule has 0 saturated carbocycles. The van der Waals surface area contributed by atoms with Gasteiger partial charge in [-0.3, -0.25) is 0 Å². The summed E-state index contributed by atoms with van der Waals surface area (Å²) in [7, 11) is 1.74. The molecule has 1 aromatic carbocycles. The molecule has 2 rings (SSSR count). The Morgan fingerprint density at radius 3 is 3.00 bits per heavy atom. The van der Waals surface area contributed by atoms with Crippen LogP contribution in [0.5, 0.6) is 0 Å². The highest BCUT2D eigenvalue weighted by Gasteiger charge is 2.06. The number of aryl methyl sites for hydroxylation is 1. The molecule has 0 radical (unpaired) electrons. The average molecular weight is 292 g/mol. The Bertz CT molecular complexity index is 524. The van der Waals surface area contributed by atoms with Crippen molar-refractivity contribution in [3.05, 3.63) is 36.0 Å². The molecule has 0 spiro atoms. The molecular weight excluding hydrogens is 268 g/mol. The van der Waals surface area contributed by atoms with Gasteiger partial charge in [0.2, 0.25) is 0 Å². The molecule has 0 aliphatic rings. The van der Waals surface area contributed by atoms with Crippen molar-refractivity contribution in [2.24, 2.45) is 0 Å². The summed E-state index contributed by atoms with van der Waals surface area (Å²) < 4.78 is 7.46. The molecule has 1 N–H and O–H groups in total. The van der Waals surface area contributed by atoms with Crippen molar-refractivity contribution in [1.82, 2.24) is 9.88 Å². The molecule has 0 bridgehead atoms. The molecule has 0 unspecified atom stereocenters. The number of thioether (sulfide) groups is 1. The third-order valence-corrected chi connectivity index (χ3v) is 4.11. The molecule has 0 amide bonds. The fraction of sp³-hybridized carbons (Fsp3) is 0.500. The minimum absolute atomic E-state index is 0.755. The molecule has 0 aliphatic carbocycles. The van der Waals surface area contributed by atoms with E-state index in [9.17, 15) is 0 Å². The second kappa shape index (κ2) is 8.35. The predicted molar refractivity (Wildman–Crippen MR) is 88.5 cm³/mol. The Morgan fingerprint density at radius 1 is 1.30 bits per heavy atom. The summed E-state index contributed by atoms with van der Waals surface area (Å²) in [6, 6.07) is 8.77. The third-order valence-electron chi connectivity index (χ3n) is 3.42. The largest absolute Gasteiger partial charge is 0.383 e. The van der Waals surface area contributed by atoms with E-state index in [0.717, 1.165) is 26.2 Å². The van der Waals surface area contributed by atoms with Crippen molar-refractivity contribution in [1.29, 1.82) is 0 Å². The van der Waals surface area contributed by atoms with Gasteiger partial charge < -0.3 is 14.6 Å². The van der Waals surface area contributed by atoms with E-state index >= 15 is 0 Å². The van der Waals surface area contributed by atoms with Crippen LogP contribution in [-0.4, -0.2) is 36.8 Å². The van der Waals surface area contributed by atoms with Crippen LogP contribution in [0.15, 0.2) is 30.5 Å². The lowest BCUT2D eigenvalue weighted by Crippen LogP contribution is -2.19. The van der Waals surface area contributed by atoms with Gasteiger partial charge in [0.1, 0.15) is 0 Å². The Kier molecular flexibility index (Phi) is 6.43. The van der Waals surface area contributed by atoms with E-state index in [1.54, 1.807) is 7.11 Å². The minimum atomic E-state index is 0.755. The number of hydrogen-bond acceptors (Lipinski definition) is 3. The van der Waals surface area contributed by atoms with Gasteiger partial charge in [-0.1, -0.05) is 18.2 Å². The minimum Gasteiger partial charge on any atom is -0.383 e. The normalized spacial score (nSPS) is 11.3. The van der Waals surface area contributed by atoms with Gasteiger partial charge in [-0.15, -0.1) is 0 Å². The molecule has 0 atom stereocenters. The van der Waals surface area contributed by atoms with Gasteiger partial charge in [0.05, 0.1) is 12.1 Å². The summed E-state index contributed by atoms with van der Waals surface area (Å²) in [6.07, 6.45) is 5.60. The smallest absolute Gasteiger partial charge is 0.0587 e. The van der Waals surface area contributed by atoms with E-state index in [2.05, 4.69) is 46.6 Å². The molecule has 20 heavy (non-hydrogen) atoms. The monoisotopic (exact) mass is 292 g/mol. The molecule has 4 heteroatoms. The zero-order valence-corrected chi connectivity index (χ0v) is 13.2. The van der Waals surface area contributed by atoms with Gasteiger partial charge in [-0.2, -0.15) is 11.8 Å². The van der Waals surface area contributed by atoms with Gasteiger partial charge in [-0.05, 0) is 35.4 Å². The lowest BCUT2D eigenvalue weighted by Gasteiger charge is -2.10. The number of benzene rings is 1. The predicted octanol–water partition coefficient (Wildman–Crippen LogP) is 3.13. The summed E-state index contributed by atoms with van der Waals surface area (Å²) in [5.74, 6) is 1.22. The summed E-state index contributed by atoms with van der Waals surface area (Å²) in [5, 5.41) is 4.77. The van der Waals surface area contributed by atoms with Crippen LogP contribution in [0, 0.1) is 0 Å². The highest BCUT2D eigenvalue weighted by molar-refractivity contribution is 7.98. The number of nitrogens with zero attached hydrogens (tertiary/aromatic N) is 1. The molecule has 110 valence electrons. The van der Waals surface area contributed by atoms with Gasteiger partial charge in [-0.25, -0.2) is 0 Å². The highest BCUT2D eigenvalue weighted by atomic mass is 32.2. The quantitative estimate of drug-likeness (QED) is 0.719. The fourth-order valence-corrected chi connectivity index (χ4v) is 2.86. The first-order valence-corrected chi connectivity index (χ1v) is 8.51. The molecule has 3 nitrogen and oxygen atoms in total. The maximum atomic E-state index is 5.07. The molecule has 0 fully saturated rings. The molecule has 0 saturated heterocycles. The maximum Gasteiger partial charge on any atom is 0.0587 e. The maximum absolute atomic E-state index is 5.07. The summed E-state index contributed by atoms with van der Waals surface area (Å²) in [6.45, 7) is 3.64. The number of nitrogens with one attached hydrogen (secondary N) is 1. The highest BCUT2D eigenvalue weighted by Crippen LogP contribution is 2.21. The zero-order chi connectivity index (χ0) is 14.2. The zero-order valence-electron chi connectivity index (χ0n) is 12.4. The van der Waals surface area contributed by atoms with Crippen LogP contribution in [0.4, 0.5) is 0 Å². The van der Waals surface area contributed by atoms with Crippen LogP contribution in [0.25, 0.3) is 10.9 Å². The SMILES string of the molecule is COCCNCc1cccc2ccn(CCCSC)c12. The Morgan fingerprint density at radius 2 is 2.20 bits per heavy atom. The third kappa shape index (κ3) is 4.01. The molecular formula is C16H24N2OS. The van der Waals surface area contributed by atoms with Crippen LogP contribution in [0.3, 0.4) is 0 Å². The number of aromatic nitrogens is 1. The number of fused-ring (bicyclic) bond motifs is 1. The lowest BCUT2D eigenvalue weighted by atomic mass is 10.1. The van der Waals surface area contributed by atoms with E-state index in [1.807, 2.05) is 11.8 Å². The molecule has 1 aromatic heterocycles. The van der Waals surface area contributed by atoms with Crippen molar-refractivity contribution in [2.75, 3.05) is 32.3 Å². The van der Waals surface area contributed by atoms with Crippen LogP contribution in [0.1, 0.15) is 12.0 Å². The number of hydrogen-bond donors (Lipinski definition) is 1. The van der Waals surface area contributed by atoms with Crippen LogP contribution < -0.4 is 5.32 Å². The Labute approximate surface area is 125 Å². The van der Waals surface area contributed by atoms with Crippen molar-refractivity contribution >= 4 is 22.7 Å². The fourth-order valence-electron chi connectivity index (χ4n) is 2.45. The topological polar surface area (TPSA) is 26.2 Å². The second-order valence-corrected chi connectivity index (χ2v) is 5.87. The van der Waals surface area contributed by atoms with Crippen molar-refractivity contribution in [3.63, 3.8) is 0 Å². The molecule has 0 aliphatic heterocycles. The van der Waals surface area contributed by atoms with Crippen LogP contribution >= 0.6 is 11.8 Å². The first-order valence-electron chi connectivity index (χ1n) is 7.12. The van der Waals surface area contributed by atoms with E-state index in [4.69, 9.17) is 4.74 Å². The molecule has 2 aromatic rings. The Balaban J connectivity index is 2.09. The standard InChI is InChI=1S/C16H24N2OS/c1-19-11-8-17-13-15-6-3-5-14-7-10-18(16(14)15)9-4-12-20-2/h3,5-7,10,17H,4,8-9,11-13H2,1-2H3. The van der Waals surface area contributed by atoms with Crippen LogP contribution in [0.2, 0.25) is 0 Å². The average Bonchev–Trinajstić information content (AvgIpc) is 2.88. The van der Waals surface area contributed by atoms with E-state index in [1.165, 1.54) is 28.6 Å². The van der Waals surface area contributed by atoms with Crippen molar-refractivity contribution in [2.45, 2.75) is 19.5 Å². The van der Waals surface area contributed by atoms with Gasteiger partial charge in [0.25, 0.3) is 0 Å². The van der Waals surface area contributed by atoms with Crippen LogP contribution in [-0.2, 0) is 17.8 Å². The second-order valence-electron chi connectivity index (χ2n) is 4.88. The van der Waals surface area contributed by atoms with E-state index in [-0.39, 0.29) is 0 Å². The Hall–Kier alpha value is -0.970. The van der Waals surface area contributed by atoms with Gasteiger partial charge in [0, 0.05) is 32.9 Å². The van der Waals surface area contributed by atoms with Gasteiger partial charge in [0.15, 0.2) is 0 Å². The summed E-state index contributed by atoms with van der Waals surface area (Å²) in [4.78, 5) is 0. The molecule has 1 heterocycles. The first kappa shape index (κ1) is 15.4. The first-order chi connectivity index (χ1) is 9.86. The van der Waals surface area contributed by atoms with Crippen molar-refractivity contribution in [3.8, 4) is 0 Å². The van der Waals surface area contributed by atoms with E-state index in [0.29, 0.717) is 0 Å². The van der Waals surface area contributed by atoms with E-state index < -0.39 is 0 Å². The number of ether oxygens (including phenoxy) is 1. The number of para-hydroxylation sites is 1. The van der Waals surface area contributed by atoms with Crippen molar-refractivity contribution < 1.29 is 4.74 Å². The number of rotatable bonds is 9.